The van der Waals surface area contributed by atoms with Crippen LogP contribution in [0, 0.1) is 0 Å². The van der Waals surface area contributed by atoms with Crippen LogP contribution in [0.4, 0.5) is 0 Å². The van der Waals surface area contributed by atoms with Crippen LogP contribution in [0.3, 0.4) is 0 Å². The van der Waals surface area contributed by atoms with Crippen molar-refractivity contribution in [2.24, 2.45) is 7.05 Å². The third-order valence-electron chi connectivity index (χ3n) is 2.99. The van der Waals surface area contributed by atoms with Gasteiger partial charge in [-0.05, 0) is 24.2 Å². The molecule has 5 heteroatoms. The lowest BCUT2D eigenvalue weighted by Crippen LogP contribution is -2.35. The highest BCUT2D eigenvalue weighted by Gasteiger charge is 2.21. The summed E-state index contributed by atoms with van der Waals surface area (Å²) in [6.45, 7) is 4.16. The maximum Gasteiger partial charge on any atom is 0.269 e. The highest BCUT2D eigenvalue weighted by Crippen LogP contribution is 2.18. The first-order valence-corrected chi connectivity index (χ1v) is 7.16. The Hall–Kier alpha value is -0.970. The Kier molecular flexibility index (Phi) is 3.76. The predicted molar refractivity (Wildman–Crippen MR) is 70.5 cm³/mol. The van der Waals surface area contributed by atoms with Gasteiger partial charge in [0.05, 0.1) is 5.69 Å². The average molecular weight is 253 g/mol. The molecule has 1 amide bonds. The summed E-state index contributed by atoms with van der Waals surface area (Å²) in [6, 6.07) is 2.21. The van der Waals surface area contributed by atoms with Crippen LogP contribution >= 0.6 is 11.8 Å². The molecule has 1 N–H and O–H groups in total. The third-order valence-corrected chi connectivity index (χ3v) is 4.15. The van der Waals surface area contributed by atoms with E-state index in [1.54, 1.807) is 4.68 Å². The van der Waals surface area contributed by atoms with Crippen molar-refractivity contribution in [2.45, 2.75) is 32.2 Å². The zero-order valence-corrected chi connectivity index (χ0v) is 11.4. The first kappa shape index (κ1) is 12.5. The standard InChI is InChI=1S/C12H19N3OS/c1-8(2)10-6-11(15(3)14-10)12(16)13-9-4-5-17-7-9/h6,8-9H,4-5,7H2,1-3H3,(H,13,16). The topological polar surface area (TPSA) is 46.9 Å². The lowest BCUT2D eigenvalue weighted by molar-refractivity contribution is 0.0931. The second-order valence-electron chi connectivity index (χ2n) is 4.77. The summed E-state index contributed by atoms with van der Waals surface area (Å²) in [5, 5.41) is 7.42. The van der Waals surface area contributed by atoms with Gasteiger partial charge in [-0.15, -0.1) is 0 Å². The number of nitrogens with zero attached hydrogens (tertiary/aromatic N) is 2. The van der Waals surface area contributed by atoms with Crippen molar-refractivity contribution >= 4 is 17.7 Å². The van der Waals surface area contributed by atoms with E-state index in [1.165, 1.54) is 0 Å². The van der Waals surface area contributed by atoms with E-state index in [-0.39, 0.29) is 5.91 Å². The highest BCUT2D eigenvalue weighted by atomic mass is 32.2. The Morgan fingerprint density at radius 2 is 2.41 bits per heavy atom. The molecule has 1 aromatic rings. The van der Waals surface area contributed by atoms with Crippen LogP contribution in [-0.2, 0) is 7.05 Å². The van der Waals surface area contributed by atoms with Crippen molar-refractivity contribution in [1.82, 2.24) is 15.1 Å². The number of hydrogen-bond donors (Lipinski definition) is 1. The lowest BCUT2D eigenvalue weighted by Gasteiger charge is -2.10. The molecular formula is C12H19N3OS. The predicted octanol–water partition coefficient (Wildman–Crippen LogP) is 1.78. The van der Waals surface area contributed by atoms with E-state index in [1.807, 2.05) is 24.9 Å². The van der Waals surface area contributed by atoms with Crippen LogP contribution in [0.5, 0.6) is 0 Å². The van der Waals surface area contributed by atoms with Crippen LogP contribution in [0.25, 0.3) is 0 Å². The lowest BCUT2D eigenvalue weighted by atomic mass is 10.1. The van der Waals surface area contributed by atoms with E-state index < -0.39 is 0 Å². The van der Waals surface area contributed by atoms with Crippen molar-refractivity contribution in [3.05, 3.63) is 17.5 Å². The molecular weight excluding hydrogens is 234 g/mol. The molecule has 1 saturated heterocycles. The summed E-state index contributed by atoms with van der Waals surface area (Å²) < 4.78 is 1.67. The third kappa shape index (κ3) is 2.83. The van der Waals surface area contributed by atoms with Crippen molar-refractivity contribution in [2.75, 3.05) is 11.5 Å². The van der Waals surface area contributed by atoms with Gasteiger partial charge in [-0.3, -0.25) is 9.48 Å². The minimum atomic E-state index is -0.000556. The van der Waals surface area contributed by atoms with Crippen molar-refractivity contribution < 1.29 is 4.79 Å². The largest absolute Gasteiger partial charge is 0.347 e. The fourth-order valence-corrected chi connectivity index (χ4v) is 3.04. The number of carbonyl (C=O) groups excluding carboxylic acids is 1. The molecule has 0 bridgehead atoms. The highest BCUT2D eigenvalue weighted by molar-refractivity contribution is 7.99. The second kappa shape index (κ2) is 5.12. The number of carbonyl (C=O) groups is 1. The van der Waals surface area contributed by atoms with E-state index >= 15 is 0 Å². The molecule has 0 aromatic carbocycles. The maximum atomic E-state index is 12.1. The molecule has 2 heterocycles. The van der Waals surface area contributed by atoms with Gasteiger partial charge in [0.1, 0.15) is 5.69 Å². The van der Waals surface area contributed by atoms with Gasteiger partial charge in [0, 0.05) is 18.8 Å². The second-order valence-corrected chi connectivity index (χ2v) is 5.92. The summed E-state index contributed by atoms with van der Waals surface area (Å²) in [7, 11) is 1.82. The Morgan fingerprint density at radius 3 is 2.94 bits per heavy atom. The zero-order chi connectivity index (χ0) is 12.4. The molecule has 0 spiro atoms. The zero-order valence-electron chi connectivity index (χ0n) is 10.6. The molecule has 0 aliphatic carbocycles. The van der Waals surface area contributed by atoms with E-state index in [9.17, 15) is 4.79 Å². The van der Waals surface area contributed by atoms with E-state index in [2.05, 4.69) is 24.3 Å². The molecule has 0 radical (unpaired) electrons. The number of hydrogen-bond acceptors (Lipinski definition) is 3. The Balaban J connectivity index is 2.07. The smallest absolute Gasteiger partial charge is 0.269 e. The molecule has 1 aliphatic heterocycles. The monoisotopic (exact) mass is 253 g/mol. The fraction of sp³-hybridized carbons (Fsp3) is 0.667. The van der Waals surface area contributed by atoms with Crippen molar-refractivity contribution in [1.29, 1.82) is 0 Å². The summed E-state index contributed by atoms with van der Waals surface area (Å²) in [5.41, 5.74) is 1.63. The molecule has 1 atom stereocenters. The van der Waals surface area contributed by atoms with Gasteiger partial charge in [-0.1, -0.05) is 13.8 Å². The number of rotatable bonds is 3. The number of thioether (sulfide) groups is 1. The van der Waals surface area contributed by atoms with E-state index in [4.69, 9.17) is 0 Å². The minimum absolute atomic E-state index is 0.000556. The quantitative estimate of drug-likeness (QED) is 0.893. The van der Waals surface area contributed by atoms with Gasteiger partial charge in [-0.2, -0.15) is 16.9 Å². The van der Waals surface area contributed by atoms with E-state index in [0.29, 0.717) is 17.7 Å². The van der Waals surface area contributed by atoms with Gasteiger partial charge in [0.2, 0.25) is 0 Å². The van der Waals surface area contributed by atoms with Crippen LogP contribution in [0.15, 0.2) is 6.07 Å². The number of aryl methyl sites for hydroxylation is 1. The molecule has 1 unspecified atom stereocenters. The van der Waals surface area contributed by atoms with Crippen LogP contribution in [0.1, 0.15) is 42.4 Å². The average Bonchev–Trinajstić information content (AvgIpc) is 2.86. The molecule has 1 fully saturated rings. The molecule has 2 rings (SSSR count). The van der Waals surface area contributed by atoms with Gasteiger partial charge < -0.3 is 5.32 Å². The molecule has 4 nitrogen and oxygen atoms in total. The van der Waals surface area contributed by atoms with Gasteiger partial charge in [0.25, 0.3) is 5.91 Å². The molecule has 0 saturated carbocycles. The van der Waals surface area contributed by atoms with Crippen LogP contribution in [0.2, 0.25) is 0 Å². The molecule has 1 aromatic heterocycles. The van der Waals surface area contributed by atoms with E-state index in [0.717, 1.165) is 23.6 Å². The van der Waals surface area contributed by atoms with Gasteiger partial charge >= 0.3 is 0 Å². The number of nitrogens with one attached hydrogen (secondary N) is 1. The first-order chi connectivity index (χ1) is 8.08. The summed E-state index contributed by atoms with van der Waals surface area (Å²) in [4.78, 5) is 12.1. The Morgan fingerprint density at radius 1 is 1.65 bits per heavy atom. The Labute approximate surface area is 106 Å². The summed E-state index contributed by atoms with van der Waals surface area (Å²) >= 11 is 1.90. The summed E-state index contributed by atoms with van der Waals surface area (Å²) in [6.07, 6.45) is 1.07. The SMILES string of the molecule is CC(C)c1cc(C(=O)NC2CCSC2)n(C)n1. The Bertz CT molecular complexity index is 408. The molecule has 17 heavy (non-hydrogen) atoms. The van der Waals surface area contributed by atoms with Crippen LogP contribution < -0.4 is 5.32 Å². The normalized spacial score (nSPS) is 19.9. The first-order valence-electron chi connectivity index (χ1n) is 6.00. The van der Waals surface area contributed by atoms with Crippen molar-refractivity contribution in [3.63, 3.8) is 0 Å². The molecule has 94 valence electrons. The molecule has 1 aliphatic rings. The van der Waals surface area contributed by atoms with Crippen LogP contribution in [-0.4, -0.2) is 33.2 Å². The minimum Gasteiger partial charge on any atom is -0.347 e. The van der Waals surface area contributed by atoms with Gasteiger partial charge in [0.15, 0.2) is 0 Å². The van der Waals surface area contributed by atoms with Gasteiger partial charge in [-0.25, -0.2) is 0 Å². The summed E-state index contributed by atoms with van der Waals surface area (Å²) in [5.74, 6) is 2.53. The number of aromatic nitrogens is 2. The maximum absolute atomic E-state index is 12.1. The van der Waals surface area contributed by atoms with Crippen molar-refractivity contribution in [3.8, 4) is 0 Å². The number of amides is 1. The fourth-order valence-electron chi connectivity index (χ4n) is 1.89.